The van der Waals surface area contributed by atoms with Gasteiger partial charge in [-0.15, -0.1) is 11.3 Å². The van der Waals surface area contributed by atoms with E-state index in [9.17, 15) is 4.79 Å². The molecule has 1 saturated carbocycles. The van der Waals surface area contributed by atoms with E-state index in [-0.39, 0.29) is 5.91 Å². The number of carbonyl (C=O) groups is 1. The molecule has 0 unspecified atom stereocenters. The minimum atomic E-state index is 0.237. The molecular formula is C17H21N3O2S. The third-order valence-corrected chi connectivity index (χ3v) is 5.54. The molecule has 0 N–H and O–H groups in total. The van der Waals surface area contributed by atoms with E-state index in [1.165, 1.54) is 12.8 Å². The summed E-state index contributed by atoms with van der Waals surface area (Å²) in [4.78, 5) is 20.1. The van der Waals surface area contributed by atoms with E-state index in [2.05, 4.69) is 10.1 Å². The largest absolute Gasteiger partial charge is 0.342 e. The molecular weight excluding hydrogens is 310 g/mol. The smallest absolute Gasteiger partial charge is 0.227 e. The highest BCUT2D eigenvalue weighted by Crippen LogP contribution is 2.38. The molecule has 4 rings (SSSR count). The van der Waals surface area contributed by atoms with Crippen LogP contribution < -0.4 is 0 Å². The summed E-state index contributed by atoms with van der Waals surface area (Å²) >= 11 is 1.65. The fraction of sp³-hybridized carbons (Fsp3) is 0.588. The summed E-state index contributed by atoms with van der Waals surface area (Å²) in [5.74, 6) is 2.82. The van der Waals surface area contributed by atoms with Gasteiger partial charge in [-0.05, 0) is 43.0 Å². The summed E-state index contributed by atoms with van der Waals surface area (Å²) in [6.45, 7) is 1.68. The van der Waals surface area contributed by atoms with Crippen molar-refractivity contribution in [2.24, 2.45) is 5.92 Å². The first kappa shape index (κ1) is 14.9. The summed E-state index contributed by atoms with van der Waals surface area (Å²) in [5, 5.41) is 6.10. The maximum atomic E-state index is 12.4. The number of hydrogen-bond donors (Lipinski definition) is 0. The van der Waals surface area contributed by atoms with Gasteiger partial charge >= 0.3 is 0 Å². The van der Waals surface area contributed by atoms with Crippen LogP contribution in [0, 0.1) is 5.92 Å². The zero-order chi connectivity index (χ0) is 15.6. The van der Waals surface area contributed by atoms with Gasteiger partial charge in [0, 0.05) is 30.3 Å². The molecule has 0 aromatic carbocycles. The van der Waals surface area contributed by atoms with Crippen molar-refractivity contribution in [3.63, 3.8) is 0 Å². The Labute approximate surface area is 139 Å². The van der Waals surface area contributed by atoms with Crippen molar-refractivity contribution in [1.29, 1.82) is 0 Å². The van der Waals surface area contributed by atoms with Gasteiger partial charge < -0.3 is 9.42 Å². The molecule has 1 atom stereocenters. The maximum Gasteiger partial charge on any atom is 0.227 e. The highest BCUT2D eigenvalue weighted by Gasteiger charge is 2.30. The third kappa shape index (κ3) is 3.63. The van der Waals surface area contributed by atoms with E-state index < -0.39 is 0 Å². The lowest BCUT2D eigenvalue weighted by Gasteiger charge is -2.32. The molecule has 2 fully saturated rings. The molecule has 3 heterocycles. The number of aromatic nitrogens is 2. The van der Waals surface area contributed by atoms with Gasteiger partial charge in [0.15, 0.2) is 5.82 Å². The Kier molecular flexibility index (Phi) is 4.16. The highest BCUT2D eigenvalue weighted by molar-refractivity contribution is 7.10. The van der Waals surface area contributed by atoms with Crippen LogP contribution in [0.2, 0.25) is 0 Å². The summed E-state index contributed by atoms with van der Waals surface area (Å²) < 4.78 is 5.39. The van der Waals surface area contributed by atoms with Gasteiger partial charge in [0.2, 0.25) is 11.8 Å². The molecule has 6 heteroatoms. The number of amides is 1. The number of hydrogen-bond acceptors (Lipinski definition) is 5. The summed E-state index contributed by atoms with van der Waals surface area (Å²) in [6.07, 6.45) is 5.88. The second-order valence-electron chi connectivity index (χ2n) is 6.63. The van der Waals surface area contributed by atoms with Crippen molar-refractivity contribution in [2.45, 2.75) is 44.4 Å². The second-order valence-corrected chi connectivity index (χ2v) is 7.66. The van der Waals surface area contributed by atoms with Gasteiger partial charge in [-0.1, -0.05) is 11.2 Å². The normalized spacial score (nSPS) is 21.6. The van der Waals surface area contributed by atoms with Crippen molar-refractivity contribution in [1.82, 2.24) is 15.0 Å². The Balaban J connectivity index is 1.33. The van der Waals surface area contributed by atoms with Crippen LogP contribution in [0.25, 0.3) is 0 Å². The Hall–Kier alpha value is -1.69. The fourth-order valence-corrected chi connectivity index (χ4v) is 3.93. The van der Waals surface area contributed by atoms with Crippen molar-refractivity contribution in [3.8, 4) is 0 Å². The van der Waals surface area contributed by atoms with Crippen LogP contribution in [0.3, 0.4) is 0 Å². The zero-order valence-corrected chi connectivity index (χ0v) is 13.9. The Bertz CT molecular complexity index is 663. The molecule has 1 amide bonds. The van der Waals surface area contributed by atoms with Crippen LogP contribution in [-0.2, 0) is 17.6 Å². The second kappa shape index (κ2) is 6.43. The minimum absolute atomic E-state index is 0.237. The number of rotatable bonds is 5. The van der Waals surface area contributed by atoms with Crippen molar-refractivity contribution < 1.29 is 9.32 Å². The molecule has 5 nitrogen and oxygen atoms in total. The summed E-state index contributed by atoms with van der Waals surface area (Å²) in [6, 6.07) is 4.03. The van der Waals surface area contributed by atoms with Crippen molar-refractivity contribution in [2.75, 3.05) is 13.1 Å². The van der Waals surface area contributed by atoms with Gasteiger partial charge in [0.25, 0.3) is 0 Å². The van der Waals surface area contributed by atoms with Crippen molar-refractivity contribution >= 4 is 17.2 Å². The molecule has 1 aliphatic heterocycles. The monoisotopic (exact) mass is 331 g/mol. The standard InChI is InChI=1S/C17H21N3O2S/c21-16(10-14-4-2-8-23-14)20-7-1-3-12(11-20)9-15-18-17(19-22-15)13-5-6-13/h2,4,8,12-13H,1,3,5-7,9-11H2/t12-/m1/s1. The fourth-order valence-electron chi connectivity index (χ4n) is 3.24. The molecule has 2 aromatic rings. The van der Waals surface area contributed by atoms with Crippen LogP contribution in [0.5, 0.6) is 0 Å². The van der Waals surface area contributed by atoms with Crippen LogP contribution in [0.1, 0.15) is 48.2 Å². The highest BCUT2D eigenvalue weighted by atomic mass is 32.1. The van der Waals surface area contributed by atoms with E-state index in [1.807, 2.05) is 22.4 Å². The SMILES string of the molecule is O=C(Cc1cccs1)N1CCC[C@H](Cc2nc(C3CC3)no2)C1. The van der Waals surface area contributed by atoms with Gasteiger partial charge in [-0.25, -0.2) is 0 Å². The summed E-state index contributed by atoms with van der Waals surface area (Å²) in [5.41, 5.74) is 0. The van der Waals surface area contributed by atoms with Gasteiger partial charge in [-0.2, -0.15) is 4.98 Å². The molecule has 1 saturated heterocycles. The summed E-state index contributed by atoms with van der Waals surface area (Å²) in [7, 11) is 0. The van der Waals surface area contributed by atoms with Crippen molar-refractivity contribution in [3.05, 3.63) is 34.1 Å². The Morgan fingerprint density at radius 1 is 1.39 bits per heavy atom. The van der Waals surface area contributed by atoms with Gasteiger partial charge in [0.05, 0.1) is 6.42 Å². The average Bonchev–Trinajstić information content (AvgIpc) is 3.09. The molecule has 0 spiro atoms. The van der Waals surface area contributed by atoms with E-state index in [4.69, 9.17) is 4.52 Å². The minimum Gasteiger partial charge on any atom is -0.342 e. The first-order chi connectivity index (χ1) is 11.3. The topological polar surface area (TPSA) is 59.2 Å². The lowest BCUT2D eigenvalue weighted by molar-refractivity contribution is -0.132. The zero-order valence-electron chi connectivity index (χ0n) is 13.1. The Morgan fingerprint density at radius 3 is 3.09 bits per heavy atom. The first-order valence-corrected chi connectivity index (χ1v) is 9.28. The van der Waals surface area contributed by atoms with Crippen LogP contribution in [0.15, 0.2) is 22.0 Å². The van der Waals surface area contributed by atoms with E-state index in [0.717, 1.165) is 48.9 Å². The lowest BCUT2D eigenvalue weighted by atomic mass is 9.94. The number of piperidine rings is 1. The molecule has 23 heavy (non-hydrogen) atoms. The van der Waals surface area contributed by atoms with E-state index in [0.29, 0.717) is 18.3 Å². The number of nitrogens with zero attached hydrogens (tertiary/aromatic N) is 3. The first-order valence-electron chi connectivity index (χ1n) is 8.40. The third-order valence-electron chi connectivity index (χ3n) is 4.67. The molecule has 1 aliphatic carbocycles. The van der Waals surface area contributed by atoms with E-state index in [1.54, 1.807) is 11.3 Å². The quantitative estimate of drug-likeness (QED) is 0.845. The molecule has 2 aromatic heterocycles. The van der Waals surface area contributed by atoms with E-state index >= 15 is 0 Å². The number of carbonyl (C=O) groups excluding carboxylic acids is 1. The number of likely N-dealkylation sites (tertiary alicyclic amines) is 1. The lowest BCUT2D eigenvalue weighted by Crippen LogP contribution is -2.41. The van der Waals surface area contributed by atoms with Gasteiger partial charge in [-0.3, -0.25) is 4.79 Å². The molecule has 2 aliphatic rings. The molecule has 122 valence electrons. The Morgan fingerprint density at radius 2 is 2.30 bits per heavy atom. The average molecular weight is 331 g/mol. The maximum absolute atomic E-state index is 12.4. The predicted molar refractivity (Wildman–Crippen MR) is 87.3 cm³/mol. The number of thiophene rings is 1. The van der Waals surface area contributed by atoms with Gasteiger partial charge in [0.1, 0.15) is 0 Å². The van der Waals surface area contributed by atoms with Crippen LogP contribution in [0.4, 0.5) is 0 Å². The molecule has 0 bridgehead atoms. The van der Waals surface area contributed by atoms with Crippen LogP contribution >= 0.6 is 11.3 Å². The molecule has 0 radical (unpaired) electrons. The predicted octanol–water partition coefficient (Wildman–Crippen LogP) is 3.03. The van der Waals surface area contributed by atoms with Crippen LogP contribution in [-0.4, -0.2) is 34.0 Å².